The fraction of sp³-hybridized carbons (Fsp3) is 0.333. The first-order valence-corrected chi connectivity index (χ1v) is 5.93. The third kappa shape index (κ3) is 2.56. The van der Waals surface area contributed by atoms with Gasteiger partial charge in [-0.2, -0.15) is 4.98 Å². The van der Waals surface area contributed by atoms with Crippen LogP contribution >= 0.6 is 11.3 Å². The molecule has 2 aromatic heterocycles. The molecule has 0 saturated carbocycles. The van der Waals surface area contributed by atoms with Crippen molar-refractivity contribution in [1.29, 1.82) is 0 Å². The number of aromatic nitrogens is 3. The Bertz CT molecular complexity index is 563. The lowest BCUT2D eigenvalue weighted by atomic mass is 10.4. The number of thiazole rings is 1. The molecule has 1 amide bonds. The van der Waals surface area contributed by atoms with E-state index in [1.807, 2.05) is 0 Å². The Morgan fingerprint density at radius 3 is 2.83 bits per heavy atom. The molecule has 0 spiro atoms. The minimum absolute atomic E-state index is 0.159. The number of carbonyl (C=O) groups excluding carboxylic acids is 1. The molecule has 2 aromatic rings. The van der Waals surface area contributed by atoms with E-state index in [9.17, 15) is 4.79 Å². The van der Waals surface area contributed by atoms with Crippen molar-refractivity contribution in [3.05, 3.63) is 16.6 Å². The van der Waals surface area contributed by atoms with Gasteiger partial charge in [0, 0.05) is 7.05 Å². The van der Waals surface area contributed by atoms with Gasteiger partial charge in [-0.15, -0.1) is 0 Å². The summed E-state index contributed by atoms with van der Waals surface area (Å²) in [4.78, 5) is 20.1. The Kier molecular flexibility index (Phi) is 3.42. The summed E-state index contributed by atoms with van der Waals surface area (Å²) in [6, 6.07) is 0. The average molecular weight is 268 g/mol. The van der Waals surface area contributed by atoms with Crippen LogP contribution in [0.15, 0.2) is 4.52 Å². The molecule has 96 valence electrons. The van der Waals surface area contributed by atoms with Crippen LogP contribution in [-0.4, -0.2) is 28.1 Å². The smallest absolute Gasteiger partial charge is 0.265 e. The average Bonchev–Trinajstić information content (AvgIpc) is 2.92. The van der Waals surface area contributed by atoms with Gasteiger partial charge in [0.1, 0.15) is 10.7 Å². The molecular formula is C9H12N6O2S. The first-order valence-electron chi connectivity index (χ1n) is 5.11. The van der Waals surface area contributed by atoms with Gasteiger partial charge in [0.2, 0.25) is 5.89 Å². The molecule has 0 aliphatic heterocycles. The molecule has 2 rings (SSSR count). The van der Waals surface area contributed by atoms with E-state index in [0.717, 1.165) is 0 Å². The van der Waals surface area contributed by atoms with Crippen LogP contribution < -0.4 is 16.4 Å². The molecular weight excluding hydrogens is 256 g/mol. The third-order valence-electron chi connectivity index (χ3n) is 2.04. The lowest BCUT2D eigenvalue weighted by molar-refractivity contribution is 0.0951. The monoisotopic (exact) mass is 268 g/mol. The summed E-state index contributed by atoms with van der Waals surface area (Å²) in [7, 11) is 1.71. The zero-order valence-corrected chi connectivity index (χ0v) is 10.7. The van der Waals surface area contributed by atoms with Gasteiger partial charge in [-0.3, -0.25) is 4.79 Å². The van der Waals surface area contributed by atoms with E-state index in [1.165, 1.54) is 11.3 Å². The zero-order chi connectivity index (χ0) is 13.1. The SMILES string of the molecule is CNc1nc(N)c(C(=O)NCc2nc(C)no2)s1. The summed E-state index contributed by atoms with van der Waals surface area (Å²) in [5.41, 5.74) is 5.64. The maximum atomic E-state index is 11.8. The number of aryl methyl sites for hydroxylation is 1. The molecule has 0 aliphatic rings. The summed E-state index contributed by atoms with van der Waals surface area (Å²) in [6.07, 6.45) is 0. The number of nitrogens with two attached hydrogens (primary N) is 1. The molecule has 4 N–H and O–H groups in total. The third-order valence-corrected chi connectivity index (χ3v) is 3.13. The molecule has 18 heavy (non-hydrogen) atoms. The van der Waals surface area contributed by atoms with Gasteiger partial charge in [-0.05, 0) is 6.92 Å². The van der Waals surface area contributed by atoms with Crippen LogP contribution in [0.3, 0.4) is 0 Å². The lowest BCUT2D eigenvalue weighted by Gasteiger charge is -1.99. The van der Waals surface area contributed by atoms with Gasteiger partial charge < -0.3 is 20.9 Å². The molecule has 0 radical (unpaired) electrons. The number of rotatable bonds is 4. The number of hydrogen-bond donors (Lipinski definition) is 3. The Morgan fingerprint density at radius 2 is 2.28 bits per heavy atom. The minimum Gasteiger partial charge on any atom is -0.382 e. The topological polar surface area (TPSA) is 119 Å². The second-order valence-corrected chi connectivity index (χ2v) is 4.40. The van der Waals surface area contributed by atoms with E-state index in [-0.39, 0.29) is 18.3 Å². The molecule has 2 heterocycles. The highest BCUT2D eigenvalue weighted by atomic mass is 32.1. The van der Waals surface area contributed by atoms with Crippen molar-refractivity contribution in [2.24, 2.45) is 0 Å². The fourth-order valence-electron chi connectivity index (χ4n) is 1.25. The van der Waals surface area contributed by atoms with Crippen molar-refractivity contribution in [3.8, 4) is 0 Å². The molecule has 9 heteroatoms. The summed E-state index contributed by atoms with van der Waals surface area (Å²) < 4.78 is 4.88. The van der Waals surface area contributed by atoms with E-state index in [0.29, 0.717) is 21.7 Å². The van der Waals surface area contributed by atoms with E-state index < -0.39 is 0 Å². The lowest BCUT2D eigenvalue weighted by Crippen LogP contribution is -2.22. The van der Waals surface area contributed by atoms with E-state index in [4.69, 9.17) is 10.3 Å². The molecule has 8 nitrogen and oxygen atoms in total. The maximum Gasteiger partial charge on any atom is 0.265 e. The van der Waals surface area contributed by atoms with Crippen LogP contribution in [0.5, 0.6) is 0 Å². The molecule has 0 unspecified atom stereocenters. The molecule has 0 aromatic carbocycles. The first-order chi connectivity index (χ1) is 8.60. The van der Waals surface area contributed by atoms with Crippen molar-refractivity contribution < 1.29 is 9.32 Å². The van der Waals surface area contributed by atoms with E-state index in [2.05, 4.69) is 25.8 Å². The highest BCUT2D eigenvalue weighted by molar-refractivity contribution is 7.18. The highest BCUT2D eigenvalue weighted by Gasteiger charge is 2.16. The van der Waals surface area contributed by atoms with Gasteiger partial charge >= 0.3 is 0 Å². The van der Waals surface area contributed by atoms with Gasteiger partial charge in [-0.25, -0.2) is 4.98 Å². The van der Waals surface area contributed by atoms with Crippen LogP contribution in [0.2, 0.25) is 0 Å². The largest absolute Gasteiger partial charge is 0.382 e. The molecule has 0 atom stereocenters. The normalized spacial score (nSPS) is 10.3. The van der Waals surface area contributed by atoms with E-state index in [1.54, 1.807) is 14.0 Å². The van der Waals surface area contributed by atoms with E-state index >= 15 is 0 Å². The highest BCUT2D eigenvalue weighted by Crippen LogP contribution is 2.24. The Balaban J connectivity index is 2.01. The number of carbonyl (C=O) groups is 1. The summed E-state index contributed by atoms with van der Waals surface area (Å²) in [5, 5.41) is 9.67. The predicted octanol–water partition coefficient (Wildman–Crippen LogP) is 0.388. The molecule has 0 aliphatic carbocycles. The van der Waals surface area contributed by atoms with Crippen molar-refractivity contribution >= 4 is 28.2 Å². The van der Waals surface area contributed by atoms with Crippen molar-refractivity contribution in [1.82, 2.24) is 20.4 Å². The fourth-order valence-corrected chi connectivity index (χ4v) is 2.00. The molecule has 0 saturated heterocycles. The van der Waals surface area contributed by atoms with Crippen molar-refractivity contribution in [2.45, 2.75) is 13.5 Å². The van der Waals surface area contributed by atoms with Crippen LogP contribution in [-0.2, 0) is 6.54 Å². The predicted molar refractivity (Wildman–Crippen MR) is 66.3 cm³/mol. The van der Waals surface area contributed by atoms with Crippen molar-refractivity contribution in [3.63, 3.8) is 0 Å². The second-order valence-electron chi connectivity index (χ2n) is 3.40. The number of nitrogens with zero attached hydrogens (tertiary/aromatic N) is 3. The van der Waals surface area contributed by atoms with Crippen molar-refractivity contribution in [2.75, 3.05) is 18.1 Å². The van der Waals surface area contributed by atoms with Gasteiger partial charge in [0.05, 0.1) is 6.54 Å². The van der Waals surface area contributed by atoms with Gasteiger partial charge in [0.15, 0.2) is 11.0 Å². The quantitative estimate of drug-likeness (QED) is 0.733. The molecule has 0 fully saturated rings. The number of anilines is 2. The minimum atomic E-state index is -0.317. The van der Waals surface area contributed by atoms with Crippen LogP contribution in [0, 0.1) is 6.92 Å². The van der Waals surface area contributed by atoms with Crippen LogP contribution in [0.4, 0.5) is 10.9 Å². The van der Waals surface area contributed by atoms with Gasteiger partial charge in [-0.1, -0.05) is 16.5 Å². The Hall–Kier alpha value is -2.16. The first kappa shape index (κ1) is 12.3. The number of amides is 1. The maximum absolute atomic E-state index is 11.8. The number of nitrogens with one attached hydrogen (secondary N) is 2. The summed E-state index contributed by atoms with van der Waals surface area (Å²) in [5.74, 6) is 0.748. The zero-order valence-electron chi connectivity index (χ0n) is 9.85. The number of nitrogen functional groups attached to an aromatic ring is 1. The van der Waals surface area contributed by atoms with Gasteiger partial charge in [0.25, 0.3) is 5.91 Å². The van der Waals surface area contributed by atoms with Crippen LogP contribution in [0.25, 0.3) is 0 Å². The second kappa shape index (κ2) is 5.00. The Labute approximate surface area is 107 Å². The Morgan fingerprint density at radius 1 is 1.50 bits per heavy atom. The standard InChI is InChI=1S/C9H12N6O2S/c1-4-13-5(17-15-4)3-12-8(16)6-7(10)14-9(11-2)18-6/h3,10H2,1-2H3,(H,11,14)(H,12,16). The summed E-state index contributed by atoms with van der Waals surface area (Å²) in [6.45, 7) is 1.86. The van der Waals surface area contributed by atoms with Crippen LogP contribution in [0.1, 0.15) is 21.4 Å². The molecule has 0 bridgehead atoms. The summed E-state index contributed by atoms with van der Waals surface area (Å²) >= 11 is 1.18. The number of hydrogen-bond acceptors (Lipinski definition) is 8.